The second kappa shape index (κ2) is 11.7. The van der Waals surface area contributed by atoms with E-state index in [0.717, 1.165) is 11.1 Å². The van der Waals surface area contributed by atoms with Crippen LogP contribution in [0.2, 0.25) is 0 Å². The lowest BCUT2D eigenvalue weighted by Crippen LogP contribution is -2.42. The van der Waals surface area contributed by atoms with Gasteiger partial charge in [-0.15, -0.1) is 0 Å². The summed E-state index contributed by atoms with van der Waals surface area (Å²) in [6.07, 6.45) is -0.786. The Morgan fingerprint density at radius 3 is 1.82 bits per heavy atom. The molecule has 6 heteroatoms. The van der Waals surface area contributed by atoms with Crippen LogP contribution >= 0.6 is 0 Å². The van der Waals surface area contributed by atoms with Crippen molar-refractivity contribution in [3.63, 3.8) is 0 Å². The molecule has 5 nitrogen and oxygen atoms in total. The summed E-state index contributed by atoms with van der Waals surface area (Å²) in [5, 5.41) is 13.4. The molecule has 176 valence electrons. The first-order valence-corrected chi connectivity index (χ1v) is 11.0. The van der Waals surface area contributed by atoms with Gasteiger partial charge in [0.25, 0.3) is 0 Å². The number of ether oxygens (including phenoxy) is 3. The number of aliphatic hydroxyl groups excluding tert-OH is 1. The second-order valence-electron chi connectivity index (χ2n) is 8.87. The van der Waals surface area contributed by atoms with Gasteiger partial charge in [-0.05, 0) is 31.9 Å². The summed E-state index contributed by atoms with van der Waals surface area (Å²) in [6.45, 7) is 6.87. The maximum atomic E-state index is 14.8. The number of benzene rings is 3. The van der Waals surface area contributed by atoms with Crippen molar-refractivity contribution < 1.29 is 23.7 Å². The molecule has 0 saturated heterocycles. The number of aliphatic hydroxyl groups is 1. The highest BCUT2D eigenvalue weighted by Gasteiger charge is 2.17. The Labute approximate surface area is 195 Å². The van der Waals surface area contributed by atoms with E-state index in [1.54, 1.807) is 0 Å². The van der Waals surface area contributed by atoms with Gasteiger partial charge >= 0.3 is 0 Å². The highest BCUT2D eigenvalue weighted by molar-refractivity contribution is 5.47. The van der Waals surface area contributed by atoms with Crippen LogP contribution in [0.5, 0.6) is 17.2 Å². The largest absolute Gasteiger partial charge is 0.488 e. The third-order valence-electron chi connectivity index (χ3n) is 4.77. The number of β-amino-alcohol motifs (C(OH)–C–C–N with tert-alkyl or cyclic N) is 1. The van der Waals surface area contributed by atoms with Crippen molar-refractivity contribution in [2.24, 2.45) is 0 Å². The van der Waals surface area contributed by atoms with E-state index in [9.17, 15) is 9.50 Å². The zero-order valence-corrected chi connectivity index (χ0v) is 19.4. The quantitative estimate of drug-likeness (QED) is 0.422. The SMILES string of the molecule is CC(C)(C)NCC(O)COc1cc(OCc2ccccc2)c(OCc2ccccc2)cc1F. The van der Waals surface area contributed by atoms with Gasteiger partial charge in [0, 0.05) is 24.2 Å². The van der Waals surface area contributed by atoms with E-state index in [-0.39, 0.29) is 30.3 Å². The molecular weight excluding hydrogens is 421 g/mol. The lowest BCUT2D eigenvalue weighted by atomic mass is 10.1. The first kappa shape index (κ1) is 24.6. The van der Waals surface area contributed by atoms with Crippen LogP contribution < -0.4 is 19.5 Å². The monoisotopic (exact) mass is 453 g/mol. The van der Waals surface area contributed by atoms with Gasteiger partial charge in [-0.25, -0.2) is 4.39 Å². The van der Waals surface area contributed by atoms with E-state index < -0.39 is 11.9 Å². The first-order chi connectivity index (χ1) is 15.8. The second-order valence-corrected chi connectivity index (χ2v) is 8.87. The molecule has 3 aromatic rings. The van der Waals surface area contributed by atoms with Gasteiger partial charge in [0.2, 0.25) is 0 Å². The van der Waals surface area contributed by atoms with Gasteiger partial charge in [0.1, 0.15) is 25.9 Å². The topological polar surface area (TPSA) is 60.0 Å². The maximum absolute atomic E-state index is 14.8. The molecule has 0 aromatic heterocycles. The van der Waals surface area contributed by atoms with Gasteiger partial charge in [0.05, 0.1) is 0 Å². The standard InChI is InChI=1S/C27H32FNO4/c1-27(2,3)29-16-22(30)19-33-24-15-26(32-18-21-12-8-5-9-13-21)25(14-23(24)28)31-17-20-10-6-4-7-11-20/h4-15,22,29-30H,16-19H2,1-3H3. The molecule has 0 aliphatic carbocycles. The molecule has 0 bridgehead atoms. The van der Waals surface area contributed by atoms with E-state index in [1.807, 2.05) is 81.4 Å². The molecule has 0 fully saturated rings. The Hall–Kier alpha value is -3.09. The van der Waals surface area contributed by atoms with Crippen molar-refractivity contribution in [3.05, 3.63) is 89.7 Å². The Morgan fingerprint density at radius 2 is 1.30 bits per heavy atom. The Kier molecular flexibility index (Phi) is 8.69. The van der Waals surface area contributed by atoms with E-state index in [2.05, 4.69) is 5.32 Å². The molecule has 0 saturated carbocycles. The molecular formula is C27H32FNO4. The van der Waals surface area contributed by atoms with Crippen molar-refractivity contribution in [2.45, 2.75) is 45.6 Å². The van der Waals surface area contributed by atoms with Gasteiger partial charge < -0.3 is 24.6 Å². The predicted octanol–water partition coefficient (Wildman–Crippen LogP) is 5.11. The van der Waals surface area contributed by atoms with Crippen LogP contribution in [0.1, 0.15) is 31.9 Å². The number of hydrogen-bond donors (Lipinski definition) is 2. The summed E-state index contributed by atoms with van der Waals surface area (Å²) in [5.74, 6) is 0.0732. The van der Waals surface area contributed by atoms with Crippen LogP contribution in [0.15, 0.2) is 72.8 Å². The first-order valence-electron chi connectivity index (χ1n) is 11.0. The average Bonchev–Trinajstić information content (AvgIpc) is 2.80. The number of halogens is 1. The molecule has 0 radical (unpaired) electrons. The molecule has 0 heterocycles. The number of rotatable bonds is 11. The van der Waals surface area contributed by atoms with Crippen molar-refractivity contribution in [2.75, 3.05) is 13.2 Å². The van der Waals surface area contributed by atoms with E-state index in [0.29, 0.717) is 18.9 Å². The smallest absolute Gasteiger partial charge is 0.169 e. The van der Waals surface area contributed by atoms with Crippen molar-refractivity contribution >= 4 is 0 Å². The van der Waals surface area contributed by atoms with E-state index in [1.165, 1.54) is 12.1 Å². The lowest BCUT2D eigenvalue weighted by molar-refractivity contribution is 0.0976. The highest BCUT2D eigenvalue weighted by atomic mass is 19.1. The minimum atomic E-state index is -0.786. The summed E-state index contributed by atoms with van der Waals surface area (Å²) >= 11 is 0. The number of hydrogen-bond acceptors (Lipinski definition) is 5. The predicted molar refractivity (Wildman–Crippen MR) is 127 cm³/mol. The average molecular weight is 454 g/mol. The summed E-state index contributed by atoms with van der Waals surface area (Å²) in [4.78, 5) is 0. The third kappa shape index (κ3) is 8.40. The van der Waals surface area contributed by atoms with Crippen molar-refractivity contribution in [1.82, 2.24) is 5.32 Å². The Bertz CT molecular complexity index is 990. The van der Waals surface area contributed by atoms with Crippen LogP contribution in [-0.2, 0) is 13.2 Å². The zero-order valence-electron chi connectivity index (χ0n) is 19.4. The number of nitrogens with one attached hydrogen (secondary N) is 1. The van der Waals surface area contributed by atoms with Crippen LogP contribution in [0.3, 0.4) is 0 Å². The summed E-state index contributed by atoms with van der Waals surface area (Å²) in [6, 6.07) is 22.1. The van der Waals surface area contributed by atoms with Crippen LogP contribution in [0.25, 0.3) is 0 Å². The van der Waals surface area contributed by atoms with Gasteiger partial charge in [-0.3, -0.25) is 0 Å². The van der Waals surface area contributed by atoms with Crippen molar-refractivity contribution in [3.8, 4) is 17.2 Å². The summed E-state index contributed by atoms with van der Waals surface area (Å²) < 4.78 is 32.2. The zero-order chi connectivity index (χ0) is 23.7. The normalized spacial score (nSPS) is 12.3. The molecule has 1 unspecified atom stereocenters. The Balaban J connectivity index is 1.72. The molecule has 0 spiro atoms. The van der Waals surface area contributed by atoms with Crippen LogP contribution in [0.4, 0.5) is 4.39 Å². The molecule has 0 amide bonds. The molecule has 3 rings (SSSR count). The molecule has 33 heavy (non-hydrogen) atoms. The van der Waals surface area contributed by atoms with Gasteiger partial charge in [-0.2, -0.15) is 0 Å². The van der Waals surface area contributed by atoms with Gasteiger partial charge in [-0.1, -0.05) is 60.7 Å². The molecule has 0 aliphatic heterocycles. The molecule has 0 aliphatic rings. The minimum Gasteiger partial charge on any atom is -0.488 e. The molecule has 2 N–H and O–H groups in total. The van der Waals surface area contributed by atoms with Gasteiger partial charge in [0.15, 0.2) is 23.1 Å². The fraction of sp³-hybridized carbons (Fsp3) is 0.333. The van der Waals surface area contributed by atoms with E-state index >= 15 is 0 Å². The van der Waals surface area contributed by atoms with E-state index in [4.69, 9.17) is 14.2 Å². The van der Waals surface area contributed by atoms with Crippen molar-refractivity contribution in [1.29, 1.82) is 0 Å². The third-order valence-corrected chi connectivity index (χ3v) is 4.77. The summed E-state index contributed by atoms with van der Waals surface area (Å²) in [5.41, 5.74) is 1.80. The highest BCUT2D eigenvalue weighted by Crippen LogP contribution is 2.35. The maximum Gasteiger partial charge on any atom is 0.169 e. The minimum absolute atomic E-state index is 0.0000635. The fourth-order valence-electron chi connectivity index (χ4n) is 2.99. The van der Waals surface area contributed by atoms with Crippen LogP contribution in [-0.4, -0.2) is 29.9 Å². The lowest BCUT2D eigenvalue weighted by Gasteiger charge is -2.23. The van der Waals surface area contributed by atoms with Crippen LogP contribution in [0, 0.1) is 5.82 Å². The summed E-state index contributed by atoms with van der Waals surface area (Å²) in [7, 11) is 0. The Morgan fingerprint density at radius 1 is 0.788 bits per heavy atom. The fourth-order valence-corrected chi connectivity index (χ4v) is 2.99. The molecule has 1 atom stereocenters. The molecule has 3 aromatic carbocycles.